The molecule has 0 aromatic heterocycles. The van der Waals surface area contributed by atoms with Gasteiger partial charge in [0.15, 0.2) is 0 Å². The van der Waals surface area contributed by atoms with Crippen LogP contribution < -0.4 is 0 Å². The van der Waals surface area contributed by atoms with Crippen LogP contribution >= 0.6 is 0 Å². The lowest BCUT2D eigenvalue weighted by atomic mass is 10.1. The second-order valence-corrected chi connectivity index (χ2v) is 3.51. The number of carboxylic acids is 1. The first-order chi connectivity index (χ1) is 7.16. The largest absolute Gasteiger partial charge is 0.508 e. The monoisotopic (exact) mass is 212 g/mol. The smallest absolute Gasteiger partial charge is 0.332 e. The molecule has 0 atom stereocenters. The van der Waals surface area contributed by atoms with E-state index >= 15 is 0 Å². The molecular formula is C12H20O3. The van der Waals surface area contributed by atoms with Gasteiger partial charge in [0.25, 0.3) is 0 Å². The van der Waals surface area contributed by atoms with Crippen LogP contribution in [0.5, 0.6) is 0 Å². The second-order valence-electron chi connectivity index (χ2n) is 3.51. The molecule has 0 heterocycles. The number of allylic oxidation sites excluding steroid dienone is 2. The van der Waals surface area contributed by atoms with Gasteiger partial charge in [-0.2, -0.15) is 0 Å². The molecule has 3 nitrogen and oxygen atoms in total. The number of aliphatic hydroxyl groups excluding tert-OH is 1. The minimum Gasteiger partial charge on any atom is -0.508 e. The Morgan fingerprint density at radius 2 is 1.80 bits per heavy atom. The van der Waals surface area contributed by atoms with Crippen molar-refractivity contribution < 1.29 is 15.0 Å². The van der Waals surface area contributed by atoms with E-state index in [9.17, 15) is 4.79 Å². The average Bonchev–Trinajstić information content (AvgIpc) is 2.15. The van der Waals surface area contributed by atoms with Gasteiger partial charge in [0, 0.05) is 0 Å². The second kappa shape index (κ2) is 9.31. The standard InChI is InChI=1S/C12H20O3/c1-2-3-4-5-6-7-8-9-11(13)10-12(14)15/h8-10,13H,2-7H2,1H3,(H,14,15). The van der Waals surface area contributed by atoms with Gasteiger partial charge in [-0.05, 0) is 18.9 Å². The van der Waals surface area contributed by atoms with Gasteiger partial charge in [0.05, 0.1) is 6.08 Å². The van der Waals surface area contributed by atoms with Gasteiger partial charge in [0.1, 0.15) is 5.76 Å². The Balaban J connectivity index is 3.50. The SMILES string of the molecule is CCCCCCCC=CC(O)=CC(=O)O. The van der Waals surface area contributed by atoms with Gasteiger partial charge in [-0.15, -0.1) is 0 Å². The Kier molecular flexibility index (Phi) is 8.53. The molecule has 0 amide bonds. The molecule has 0 aromatic rings. The number of unbranched alkanes of at least 4 members (excludes halogenated alkanes) is 5. The molecule has 15 heavy (non-hydrogen) atoms. The predicted octanol–water partition coefficient (Wildman–Crippen LogP) is 3.43. The minimum atomic E-state index is -1.12. The molecule has 0 saturated carbocycles. The minimum absolute atomic E-state index is 0.198. The van der Waals surface area contributed by atoms with Crippen molar-refractivity contribution in [1.82, 2.24) is 0 Å². The highest BCUT2D eigenvalue weighted by molar-refractivity contribution is 5.80. The fourth-order valence-corrected chi connectivity index (χ4v) is 1.24. The molecule has 0 fully saturated rings. The highest BCUT2D eigenvalue weighted by Crippen LogP contribution is 2.05. The topological polar surface area (TPSA) is 57.5 Å². The summed E-state index contributed by atoms with van der Waals surface area (Å²) in [6.07, 6.45) is 11.0. The maximum atomic E-state index is 10.1. The third-order valence-electron chi connectivity index (χ3n) is 2.03. The van der Waals surface area contributed by atoms with E-state index in [2.05, 4.69) is 6.92 Å². The lowest BCUT2D eigenvalue weighted by Gasteiger charge is -1.95. The molecule has 0 aliphatic rings. The summed E-state index contributed by atoms with van der Waals surface area (Å²) in [5.41, 5.74) is 0. The molecule has 0 bridgehead atoms. The molecule has 0 aromatic carbocycles. The fraction of sp³-hybridized carbons (Fsp3) is 0.583. The van der Waals surface area contributed by atoms with E-state index in [4.69, 9.17) is 10.2 Å². The van der Waals surface area contributed by atoms with Crippen molar-refractivity contribution in [2.45, 2.75) is 45.4 Å². The molecule has 3 heteroatoms. The van der Waals surface area contributed by atoms with Crippen LogP contribution in [0.25, 0.3) is 0 Å². The molecule has 0 spiro atoms. The van der Waals surface area contributed by atoms with Gasteiger partial charge < -0.3 is 10.2 Å². The van der Waals surface area contributed by atoms with Crippen LogP contribution in [0.3, 0.4) is 0 Å². The zero-order chi connectivity index (χ0) is 11.5. The maximum absolute atomic E-state index is 10.1. The van der Waals surface area contributed by atoms with Crippen LogP contribution in [0, 0.1) is 0 Å². The first kappa shape index (κ1) is 13.8. The van der Waals surface area contributed by atoms with E-state index < -0.39 is 5.97 Å². The Bertz CT molecular complexity index is 229. The summed E-state index contributed by atoms with van der Waals surface area (Å²) in [5.74, 6) is -1.32. The van der Waals surface area contributed by atoms with Crippen LogP contribution in [0.4, 0.5) is 0 Å². The Morgan fingerprint density at radius 3 is 2.40 bits per heavy atom. The summed E-state index contributed by atoms with van der Waals surface area (Å²) in [4.78, 5) is 10.1. The molecule has 0 rings (SSSR count). The zero-order valence-corrected chi connectivity index (χ0v) is 9.28. The van der Waals surface area contributed by atoms with Crippen molar-refractivity contribution in [1.29, 1.82) is 0 Å². The first-order valence-electron chi connectivity index (χ1n) is 5.47. The number of hydrogen-bond donors (Lipinski definition) is 2. The highest BCUT2D eigenvalue weighted by atomic mass is 16.4. The Labute approximate surface area is 91.1 Å². The third-order valence-corrected chi connectivity index (χ3v) is 2.03. The van der Waals surface area contributed by atoms with Gasteiger partial charge >= 0.3 is 5.97 Å². The Hall–Kier alpha value is -1.25. The Morgan fingerprint density at radius 1 is 1.13 bits per heavy atom. The van der Waals surface area contributed by atoms with Crippen molar-refractivity contribution >= 4 is 5.97 Å². The number of hydrogen-bond acceptors (Lipinski definition) is 2. The molecule has 0 unspecified atom stereocenters. The molecule has 0 aliphatic carbocycles. The predicted molar refractivity (Wildman–Crippen MR) is 60.9 cm³/mol. The average molecular weight is 212 g/mol. The van der Waals surface area contributed by atoms with Crippen molar-refractivity contribution in [3.63, 3.8) is 0 Å². The lowest BCUT2D eigenvalue weighted by molar-refractivity contribution is -0.131. The zero-order valence-electron chi connectivity index (χ0n) is 9.28. The lowest BCUT2D eigenvalue weighted by Crippen LogP contribution is -1.89. The van der Waals surface area contributed by atoms with Crippen molar-refractivity contribution in [3.05, 3.63) is 24.0 Å². The van der Waals surface area contributed by atoms with Crippen LogP contribution in [-0.2, 0) is 4.79 Å². The number of aliphatic carboxylic acids is 1. The quantitative estimate of drug-likeness (QED) is 0.280. The maximum Gasteiger partial charge on any atom is 0.332 e. The third kappa shape index (κ3) is 10.7. The van der Waals surface area contributed by atoms with Crippen molar-refractivity contribution in [3.8, 4) is 0 Å². The van der Waals surface area contributed by atoms with E-state index in [0.29, 0.717) is 0 Å². The summed E-state index contributed by atoms with van der Waals surface area (Å²) >= 11 is 0. The summed E-state index contributed by atoms with van der Waals surface area (Å²) in [7, 11) is 0. The van der Waals surface area contributed by atoms with Gasteiger partial charge in [0.2, 0.25) is 0 Å². The van der Waals surface area contributed by atoms with E-state index in [1.54, 1.807) is 6.08 Å². The summed E-state index contributed by atoms with van der Waals surface area (Å²) in [6.45, 7) is 2.18. The summed E-state index contributed by atoms with van der Waals surface area (Å²) in [5, 5.41) is 17.4. The highest BCUT2D eigenvalue weighted by Gasteiger charge is 1.91. The molecule has 86 valence electrons. The van der Waals surface area contributed by atoms with Gasteiger partial charge in [-0.1, -0.05) is 38.7 Å². The van der Waals surface area contributed by atoms with Crippen LogP contribution in [-0.4, -0.2) is 16.2 Å². The van der Waals surface area contributed by atoms with Crippen molar-refractivity contribution in [2.75, 3.05) is 0 Å². The van der Waals surface area contributed by atoms with Gasteiger partial charge in [-0.3, -0.25) is 0 Å². The van der Waals surface area contributed by atoms with E-state index in [-0.39, 0.29) is 5.76 Å². The van der Waals surface area contributed by atoms with Gasteiger partial charge in [-0.25, -0.2) is 4.79 Å². The summed E-state index contributed by atoms with van der Waals surface area (Å²) in [6, 6.07) is 0. The molecular weight excluding hydrogens is 192 g/mol. The normalized spacial score (nSPS) is 12.2. The first-order valence-corrected chi connectivity index (χ1v) is 5.47. The van der Waals surface area contributed by atoms with E-state index in [1.807, 2.05) is 0 Å². The number of aliphatic hydroxyl groups is 1. The number of carboxylic acid groups (broad SMARTS) is 1. The van der Waals surface area contributed by atoms with E-state index in [0.717, 1.165) is 18.9 Å². The number of carbonyl (C=O) groups is 1. The molecule has 2 N–H and O–H groups in total. The molecule has 0 aliphatic heterocycles. The van der Waals surface area contributed by atoms with Crippen LogP contribution in [0.15, 0.2) is 24.0 Å². The van der Waals surface area contributed by atoms with E-state index in [1.165, 1.54) is 31.8 Å². The number of rotatable bonds is 8. The molecule has 0 radical (unpaired) electrons. The van der Waals surface area contributed by atoms with Crippen LogP contribution in [0.2, 0.25) is 0 Å². The summed E-state index contributed by atoms with van der Waals surface area (Å²) < 4.78 is 0. The fourth-order valence-electron chi connectivity index (χ4n) is 1.24. The van der Waals surface area contributed by atoms with Crippen LogP contribution in [0.1, 0.15) is 45.4 Å². The van der Waals surface area contributed by atoms with Crippen molar-refractivity contribution in [2.24, 2.45) is 0 Å². The molecule has 0 saturated heterocycles.